The van der Waals surface area contributed by atoms with Crippen LogP contribution in [0, 0.1) is 0 Å². The summed E-state index contributed by atoms with van der Waals surface area (Å²) >= 11 is 0. The molecule has 1 N–H and O–H groups in total. The molecule has 0 radical (unpaired) electrons. The van der Waals surface area contributed by atoms with Gasteiger partial charge in [-0.25, -0.2) is 0 Å². The van der Waals surface area contributed by atoms with Gasteiger partial charge in [-0.05, 0) is 42.7 Å². The number of aromatic nitrogens is 3. The predicted molar refractivity (Wildman–Crippen MR) is 118 cm³/mol. The number of rotatable bonds is 5. The maximum atomic E-state index is 13.6. The van der Waals surface area contributed by atoms with Crippen LogP contribution in [0.3, 0.4) is 0 Å². The second-order valence-corrected chi connectivity index (χ2v) is 7.82. The molecule has 1 aliphatic rings. The largest absolute Gasteiger partial charge is 0.334 e. The molecule has 2 aromatic carbocycles. The monoisotopic (exact) mass is 410 g/mol. The fraction of sp³-hybridized carbons (Fsp3) is 0.200. The Balaban J connectivity index is 1.46. The van der Waals surface area contributed by atoms with Gasteiger partial charge in [-0.2, -0.15) is 4.98 Å². The smallest absolute Gasteiger partial charge is 0.260 e. The van der Waals surface area contributed by atoms with Crippen molar-refractivity contribution in [1.82, 2.24) is 15.1 Å². The first-order valence-electron chi connectivity index (χ1n) is 10.5. The van der Waals surface area contributed by atoms with Gasteiger partial charge in [0.05, 0.1) is 16.7 Å². The van der Waals surface area contributed by atoms with Crippen molar-refractivity contribution >= 4 is 11.6 Å². The predicted octanol–water partition coefficient (Wildman–Crippen LogP) is 5.25. The lowest BCUT2D eigenvalue weighted by atomic mass is 9.78. The Morgan fingerprint density at radius 3 is 2.48 bits per heavy atom. The van der Waals surface area contributed by atoms with Crippen molar-refractivity contribution in [3.05, 3.63) is 84.7 Å². The van der Waals surface area contributed by atoms with Crippen LogP contribution in [-0.2, 0) is 10.2 Å². The number of hydrogen-bond acceptors (Lipinski definition) is 5. The molecule has 6 heteroatoms. The fourth-order valence-electron chi connectivity index (χ4n) is 4.35. The molecule has 0 aliphatic heterocycles. The number of hydrogen-bond donors (Lipinski definition) is 1. The SMILES string of the molecule is O=C(Nc1ccccc1-c1nc(-c2cccnc2)no1)C1(c2ccccc2)CCCC1. The minimum absolute atomic E-state index is 0.00986. The standard InChI is InChI=1S/C25H22N4O2/c30-24(25(14-6-7-15-25)19-10-2-1-3-11-19)27-21-13-5-4-12-20(21)23-28-22(29-31-23)18-9-8-16-26-17-18/h1-5,8-13,16-17H,6-7,14-15H2,(H,27,30). The average molecular weight is 410 g/mol. The Morgan fingerprint density at radius 1 is 0.935 bits per heavy atom. The first kappa shape index (κ1) is 19.2. The molecule has 2 heterocycles. The summed E-state index contributed by atoms with van der Waals surface area (Å²) in [4.78, 5) is 22.2. The highest BCUT2D eigenvalue weighted by molar-refractivity contribution is 6.01. The summed E-state index contributed by atoms with van der Waals surface area (Å²) in [5.41, 5.74) is 2.69. The Labute approximate surface area is 180 Å². The van der Waals surface area contributed by atoms with Crippen LogP contribution in [-0.4, -0.2) is 21.0 Å². The molecule has 1 amide bonds. The van der Waals surface area contributed by atoms with E-state index in [4.69, 9.17) is 4.52 Å². The van der Waals surface area contributed by atoms with Crippen LogP contribution in [0.2, 0.25) is 0 Å². The topological polar surface area (TPSA) is 80.9 Å². The van der Waals surface area contributed by atoms with Crippen LogP contribution in [0.15, 0.2) is 83.6 Å². The summed E-state index contributed by atoms with van der Waals surface area (Å²) in [6.45, 7) is 0. The van der Waals surface area contributed by atoms with E-state index in [9.17, 15) is 4.79 Å². The number of nitrogens with zero attached hydrogens (tertiary/aromatic N) is 3. The highest BCUT2D eigenvalue weighted by atomic mass is 16.5. The fourth-order valence-corrected chi connectivity index (χ4v) is 4.35. The average Bonchev–Trinajstić information content (AvgIpc) is 3.52. The first-order chi connectivity index (χ1) is 15.3. The van der Waals surface area contributed by atoms with Crippen molar-refractivity contribution in [2.75, 3.05) is 5.32 Å². The third-order valence-electron chi connectivity index (χ3n) is 5.97. The zero-order valence-electron chi connectivity index (χ0n) is 17.0. The van der Waals surface area contributed by atoms with E-state index in [1.165, 1.54) is 0 Å². The molecule has 0 spiro atoms. The molecule has 154 valence electrons. The van der Waals surface area contributed by atoms with Gasteiger partial charge in [-0.15, -0.1) is 0 Å². The van der Waals surface area contributed by atoms with Crippen molar-refractivity contribution in [3.8, 4) is 22.8 Å². The number of carbonyl (C=O) groups excluding carboxylic acids is 1. The summed E-state index contributed by atoms with van der Waals surface area (Å²) < 4.78 is 5.52. The minimum atomic E-state index is -0.510. The molecular weight excluding hydrogens is 388 g/mol. The lowest BCUT2D eigenvalue weighted by Crippen LogP contribution is -2.38. The van der Waals surface area contributed by atoms with E-state index in [2.05, 4.69) is 32.6 Å². The van der Waals surface area contributed by atoms with E-state index < -0.39 is 5.41 Å². The first-order valence-corrected chi connectivity index (χ1v) is 10.5. The van der Waals surface area contributed by atoms with Gasteiger partial charge >= 0.3 is 0 Å². The minimum Gasteiger partial charge on any atom is -0.334 e. The molecule has 0 saturated heterocycles. The van der Waals surface area contributed by atoms with Gasteiger partial charge in [0.15, 0.2) is 0 Å². The number of carbonyl (C=O) groups is 1. The molecule has 1 saturated carbocycles. The lowest BCUT2D eigenvalue weighted by molar-refractivity contribution is -0.121. The van der Waals surface area contributed by atoms with Crippen molar-refractivity contribution < 1.29 is 9.32 Å². The summed E-state index contributed by atoms with van der Waals surface area (Å²) in [5.74, 6) is 0.825. The molecule has 31 heavy (non-hydrogen) atoms. The summed E-state index contributed by atoms with van der Waals surface area (Å²) in [6, 6.07) is 21.3. The number of pyridine rings is 1. The van der Waals surface area contributed by atoms with Crippen LogP contribution in [0.25, 0.3) is 22.8 Å². The lowest BCUT2D eigenvalue weighted by Gasteiger charge is -2.28. The number of para-hydroxylation sites is 1. The van der Waals surface area contributed by atoms with Crippen LogP contribution < -0.4 is 5.32 Å². The number of anilines is 1. The van der Waals surface area contributed by atoms with Gasteiger partial charge in [0.1, 0.15) is 0 Å². The zero-order valence-corrected chi connectivity index (χ0v) is 17.0. The molecule has 1 aliphatic carbocycles. The second-order valence-electron chi connectivity index (χ2n) is 7.82. The normalized spacial score (nSPS) is 15.0. The maximum absolute atomic E-state index is 13.6. The molecule has 0 atom stereocenters. The Kier molecular flexibility index (Phi) is 5.04. The Morgan fingerprint density at radius 2 is 1.71 bits per heavy atom. The molecular formula is C25H22N4O2. The number of nitrogens with one attached hydrogen (secondary N) is 1. The quantitative estimate of drug-likeness (QED) is 0.486. The molecule has 2 aromatic heterocycles. The number of amides is 1. The van der Waals surface area contributed by atoms with Crippen LogP contribution >= 0.6 is 0 Å². The van der Waals surface area contributed by atoms with Gasteiger partial charge in [0.25, 0.3) is 5.89 Å². The zero-order chi connectivity index (χ0) is 21.1. The highest BCUT2D eigenvalue weighted by Crippen LogP contribution is 2.42. The molecule has 1 fully saturated rings. The summed E-state index contributed by atoms with van der Waals surface area (Å²) in [5, 5.41) is 7.24. The van der Waals surface area contributed by atoms with Gasteiger partial charge in [-0.3, -0.25) is 9.78 Å². The van der Waals surface area contributed by atoms with Gasteiger partial charge < -0.3 is 9.84 Å². The van der Waals surface area contributed by atoms with Gasteiger partial charge in [0.2, 0.25) is 11.7 Å². The third-order valence-corrected chi connectivity index (χ3v) is 5.97. The Bertz CT molecular complexity index is 1180. The van der Waals surface area contributed by atoms with Crippen molar-refractivity contribution in [3.63, 3.8) is 0 Å². The van der Waals surface area contributed by atoms with Crippen molar-refractivity contribution in [2.45, 2.75) is 31.1 Å². The maximum Gasteiger partial charge on any atom is 0.260 e. The number of benzene rings is 2. The Hall–Kier alpha value is -3.80. The van der Waals surface area contributed by atoms with Crippen LogP contribution in [0.5, 0.6) is 0 Å². The van der Waals surface area contributed by atoms with Crippen molar-refractivity contribution in [2.24, 2.45) is 0 Å². The summed E-state index contributed by atoms with van der Waals surface area (Å²) in [6.07, 6.45) is 7.16. The molecule has 0 bridgehead atoms. The summed E-state index contributed by atoms with van der Waals surface area (Å²) in [7, 11) is 0. The van der Waals surface area contributed by atoms with E-state index in [0.29, 0.717) is 23.0 Å². The van der Waals surface area contributed by atoms with E-state index in [1.807, 2.05) is 54.6 Å². The third kappa shape index (κ3) is 3.61. The molecule has 6 nitrogen and oxygen atoms in total. The molecule has 0 unspecified atom stereocenters. The van der Waals surface area contributed by atoms with E-state index in [-0.39, 0.29) is 5.91 Å². The van der Waals surface area contributed by atoms with Crippen LogP contribution in [0.4, 0.5) is 5.69 Å². The van der Waals surface area contributed by atoms with Crippen LogP contribution in [0.1, 0.15) is 31.2 Å². The van der Waals surface area contributed by atoms with Gasteiger partial charge in [-0.1, -0.05) is 60.5 Å². The molecule has 5 rings (SSSR count). The van der Waals surface area contributed by atoms with Gasteiger partial charge in [0, 0.05) is 18.0 Å². The van der Waals surface area contributed by atoms with E-state index >= 15 is 0 Å². The second kappa shape index (κ2) is 8.14. The highest BCUT2D eigenvalue weighted by Gasteiger charge is 2.42. The van der Waals surface area contributed by atoms with E-state index in [1.54, 1.807) is 12.4 Å². The molecule has 4 aromatic rings. The van der Waals surface area contributed by atoms with Crippen molar-refractivity contribution in [1.29, 1.82) is 0 Å². The van der Waals surface area contributed by atoms with E-state index in [0.717, 1.165) is 36.8 Å².